The Hall–Kier alpha value is -6.06. The van der Waals surface area contributed by atoms with Gasteiger partial charge in [-0.05, 0) is 72.5 Å². The van der Waals surface area contributed by atoms with Crippen molar-refractivity contribution >= 4 is 83.2 Å². The molecule has 0 amide bonds. The number of fused-ring (bicyclic) bond motifs is 12. The van der Waals surface area contributed by atoms with Gasteiger partial charge in [-0.15, -0.1) is 0 Å². The van der Waals surface area contributed by atoms with Gasteiger partial charge < -0.3 is 13.2 Å². The molecule has 0 N–H and O–H groups in total. The van der Waals surface area contributed by atoms with Gasteiger partial charge in [-0.3, -0.25) is 0 Å². The van der Waals surface area contributed by atoms with Crippen LogP contribution < -0.4 is 10.6 Å². The van der Waals surface area contributed by atoms with Crippen molar-refractivity contribution in [3.63, 3.8) is 0 Å². The predicted octanol–water partition coefficient (Wildman–Crippen LogP) is 10.9. The number of benzene rings is 6. The molecule has 0 spiro atoms. The summed E-state index contributed by atoms with van der Waals surface area (Å²) in [5.41, 5.74) is 12.8. The highest BCUT2D eigenvalue weighted by atomic mass is 16.3. The number of aromatic nitrogens is 1. The van der Waals surface area contributed by atoms with Gasteiger partial charge in [-0.1, -0.05) is 103 Å². The molecule has 4 heterocycles. The molecule has 6 aromatic carbocycles. The first-order chi connectivity index (χ1) is 23.1. The number of furan rings is 2. The van der Waals surface area contributed by atoms with Crippen LogP contribution in [0.5, 0.6) is 0 Å². The van der Waals surface area contributed by atoms with E-state index in [1.807, 2.05) is 12.1 Å². The SMILES string of the molecule is C=C/C=c1/oc2c(ccc3c4cc(-c5cc(C)ccc5-c5ccccc5)cc5c6ccc7c8ccccc8oc7c6n(c45)c32)/c1=C/C. The number of aryl methyl sites for hydroxylation is 1. The average Bonchev–Trinajstić information content (AvgIpc) is 3.84. The molecule has 47 heavy (non-hydrogen) atoms. The maximum Gasteiger partial charge on any atom is 0.160 e. The second-order valence-electron chi connectivity index (χ2n) is 12.5. The van der Waals surface area contributed by atoms with E-state index in [9.17, 15) is 0 Å². The fraction of sp³-hybridized carbons (Fsp3) is 0.0455. The Morgan fingerprint density at radius 2 is 1.26 bits per heavy atom. The van der Waals surface area contributed by atoms with Crippen LogP contribution in [0.1, 0.15) is 12.5 Å². The minimum atomic E-state index is 0.816. The Morgan fingerprint density at radius 3 is 2.00 bits per heavy atom. The zero-order chi connectivity index (χ0) is 31.4. The van der Waals surface area contributed by atoms with Crippen molar-refractivity contribution in [2.24, 2.45) is 0 Å². The fourth-order valence-corrected chi connectivity index (χ4v) is 7.91. The molecule has 0 aliphatic heterocycles. The standard InChI is InChI=1S/C44H29NO2/c1-4-11-38-28(5-2)33-20-18-31-36-23-27(35-22-25(3)16-17-29(35)26-12-7-6-8-13-26)24-37-32-19-21-34-30-14-9-10-15-39(30)47-44(34)42(32)45(40(36)37)41(31)43(33)46-38/h4-24H,1H2,2-3H3/b28-5-,38-11+. The molecule has 0 bridgehead atoms. The summed E-state index contributed by atoms with van der Waals surface area (Å²) in [6.45, 7) is 8.18. The maximum atomic E-state index is 6.72. The van der Waals surface area contributed by atoms with Gasteiger partial charge in [0.25, 0.3) is 0 Å². The van der Waals surface area contributed by atoms with E-state index in [2.05, 4.69) is 134 Å². The van der Waals surface area contributed by atoms with E-state index in [0.29, 0.717) is 0 Å². The van der Waals surface area contributed by atoms with Crippen LogP contribution in [-0.4, -0.2) is 4.40 Å². The van der Waals surface area contributed by atoms with Crippen LogP contribution in [0.25, 0.3) is 105 Å². The van der Waals surface area contributed by atoms with Crippen LogP contribution in [0.4, 0.5) is 0 Å². The van der Waals surface area contributed by atoms with Gasteiger partial charge in [0.1, 0.15) is 11.0 Å². The Kier molecular flexibility index (Phi) is 5.28. The predicted molar refractivity (Wildman–Crippen MR) is 198 cm³/mol. The summed E-state index contributed by atoms with van der Waals surface area (Å²) >= 11 is 0. The normalized spacial score (nSPS) is 13.2. The summed E-state index contributed by atoms with van der Waals surface area (Å²) in [6.07, 6.45) is 5.86. The lowest BCUT2D eigenvalue weighted by molar-refractivity contribution is 0.578. The minimum Gasteiger partial charge on any atom is -0.454 e. The maximum absolute atomic E-state index is 6.72. The number of allylic oxidation sites excluding steroid dienone is 1. The van der Waals surface area contributed by atoms with E-state index in [1.54, 1.807) is 6.08 Å². The molecule has 3 nitrogen and oxygen atoms in total. The number of hydrogen-bond acceptors (Lipinski definition) is 2. The number of nitrogens with zero attached hydrogens (tertiary/aromatic N) is 1. The molecule has 222 valence electrons. The van der Waals surface area contributed by atoms with Crippen molar-refractivity contribution in [1.29, 1.82) is 0 Å². The van der Waals surface area contributed by atoms with Crippen LogP contribution in [0, 0.1) is 6.92 Å². The van der Waals surface area contributed by atoms with Gasteiger partial charge in [0.05, 0.1) is 16.6 Å². The molecular weight excluding hydrogens is 574 g/mol. The highest BCUT2D eigenvalue weighted by molar-refractivity contribution is 6.31. The molecule has 0 aliphatic carbocycles. The number of rotatable bonds is 3. The number of para-hydroxylation sites is 1. The minimum absolute atomic E-state index is 0.816. The molecule has 0 radical (unpaired) electrons. The molecule has 0 saturated heterocycles. The molecule has 0 atom stereocenters. The third-order valence-electron chi connectivity index (χ3n) is 9.91. The molecule has 10 aromatic rings. The van der Waals surface area contributed by atoms with Crippen LogP contribution >= 0.6 is 0 Å². The van der Waals surface area contributed by atoms with Gasteiger partial charge >= 0.3 is 0 Å². The van der Waals surface area contributed by atoms with Gasteiger partial charge in [0.15, 0.2) is 11.2 Å². The molecule has 0 saturated carbocycles. The first-order valence-electron chi connectivity index (χ1n) is 16.1. The summed E-state index contributed by atoms with van der Waals surface area (Å²) in [5, 5.41) is 9.12. The van der Waals surface area contributed by atoms with Crippen molar-refractivity contribution in [2.45, 2.75) is 13.8 Å². The Morgan fingerprint density at radius 1 is 0.574 bits per heavy atom. The summed E-state index contributed by atoms with van der Waals surface area (Å²) in [4.78, 5) is 0. The Balaban J connectivity index is 1.45. The van der Waals surface area contributed by atoms with Crippen molar-refractivity contribution in [1.82, 2.24) is 4.40 Å². The third kappa shape index (κ3) is 3.46. The van der Waals surface area contributed by atoms with Crippen LogP contribution in [0.2, 0.25) is 0 Å². The lowest BCUT2D eigenvalue weighted by Gasteiger charge is -2.12. The molecule has 0 fully saturated rings. The monoisotopic (exact) mass is 603 g/mol. The summed E-state index contributed by atoms with van der Waals surface area (Å²) < 4.78 is 15.8. The summed E-state index contributed by atoms with van der Waals surface area (Å²) in [7, 11) is 0. The van der Waals surface area contributed by atoms with Gasteiger partial charge in [0, 0.05) is 42.9 Å². The van der Waals surface area contributed by atoms with E-state index >= 15 is 0 Å². The van der Waals surface area contributed by atoms with E-state index in [1.165, 1.54) is 44.1 Å². The van der Waals surface area contributed by atoms with E-state index in [-0.39, 0.29) is 0 Å². The average molecular weight is 604 g/mol. The molecular formula is C44H29NO2. The fourth-order valence-electron chi connectivity index (χ4n) is 7.91. The lowest BCUT2D eigenvalue weighted by atomic mass is 9.91. The molecule has 0 unspecified atom stereocenters. The number of hydrogen-bond donors (Lipinski definition) is 0. The van der Waals surface area contributed by atoms with Crippen molar-refractivity contribution in [3.8, 4) is 22.3 Å². The van der Waals surface area contributed by atoms with E-state index in [4.69, 9.17) is 8.83 Å². The molecule has 10 rings (SSSR count). The quantitative estimate of drug-likeness (QED) is 0.201. The zero-order valence-corrected chi connectivity index (χ0v) is 26.1. The Labute approximate surface area is 269 Å². The highest BCUT2D eigenvalue weighted by Gasteiger charge is 2.25. The third-order valence-corrected chi connectivity index (χ3v) is 9.91. The zero-order valence-electron chi connectivity index (χ0n) is 26.1. The highest BCUT2D eigenvalue weighted by Crippen LogP contribution is 2.47. The summed E-state index contributed by atoms with van der Waals surface area (Å²) in [5.74, 6) is 0. The van der Waals surface area contributed by atoms with Crippen LogP contribution in [-0.2, 0) is 0 Å². The topological polar surface area (TPSA) is 30.7 Å². The van der Waals surface area contributed by atoms with Gasteiger partial charge in [-0.25, -0.2) is 0 Å². The van der Waals surface area contributed by atoms with Crippen molar-refractivity contribution < 1.29 is 8.83 Å². The van der Waals surface area contributed by atoms with Crippen molar-refractivity contribution in [2.75, 3.05) is 0 Å². The molecule has 4 aromatic heterocycles. The summed E-state index contributed by atoms with van der Waals surface area (Å²) in [6, 6.07) is 39.5. The van der Waals surface area contributed by atoms with E-state index < -0.39 is 0 Å². The lowest BCUT2D eigenvalue weighted by Crippen LogP contribution is -2.18. The van der Waals surface area contributed by atoms with Crippen molar-refractivity contribution in [3.05, 3.63) is 138 Å². The van der Waals surface area contributed by atoms with Gasteiger partial charge in [0.2, 0.25) is 0 Å². The van der Waals surface area contributed by atoms with E-state index in [0.717, 1.165) is 65.3 Å². The van der Waals surface area contributed by atoms with Crippen LogP contribution in [0.3, 0.4) is 0 Å². The second-order valence-corrected chi connectivity index (χ2v) is 12.5. The smallest absolute Gasteiger partial charge is 0.160 e. The van der Waals surface area contributed by atoms with Gasteiger partial charge in [-0.2, -0.15) is 0 Å². The molecule has 0 aliphatic rings. The second kappa shape index (κ2) is 9.48. The van der Waals surface area contributed by atoms with Crippen LogP contribution in [0.15, 0.2) is 131 Å². The first kappa shape index (κ1) is 26.2. The Bertz CT molecular complexity index is 3040. The molecule has 3 heteroatoms. The largest absolute Gasteiger partial charge is 0.454 e. The first-order valence-corrected chi connectivity index (χ1v) is 16.1.